The van der Waals surface area contributed by atoms with Crippen LogP contribution in [0.25, 0.3) is 0 Å². The third-order valence-electron chi connectivity index (χ3n) is 11.5. The number of aryl methyl sites for hydroxylation is 2. The van der Waals surface area contributed by atoms with E-state index in [-0.39, 0.29) is 35.6 Å². The van der Waals surface area contributed by atoms with Crippen LogP contribution in [0, 0.1) is 18.8 Å². The smallest absolute Gasteiger partial charge is 0.245 e. The van der Waals surface area contributed by atoms with Crippen molar-refractivity contribution in [1.29, 1.82) is 0 Å². The highest BCUT2D eigenvalue weighted by molar-refractivity contribution is 7.10. The third-order valence-corrected chi connectivity index (χ3v) is 12.8. The molecule has 47 heavy (non-hydrogen) atoms. The Kier molecular flexibility index (Phi) is 11.1. The summed E-state index contributed by atoms with van der Waals surface area (Å²) in [6.07, 6.45) is 11.0. The van der Waals surface area contributed by atoms with Gasteiger partial charge in [-0.1, -0.05) is 24.6 Å². The predicted molar refractivity (Wildman–Crippen MR) is 189 cm³/mol. The lowest BCUT2D eigenvalue weighted by atomic mass is 9.78. The molecule has 1 aliphatic carbocycles. The molecule has 6 rings (SSSR count). The van der Waals surface area contributed by atoms with Crippen LogP contribution in [-0.2, 0) is 33.8 Å². The number of likely N-dealkylation sites (tertiary alicyclic amines) is 2. The summed E-state index contributed by atoms with van der Waals surface area (Å²) in [5.41, 5.74) is 9.82. The second-order valence-electron chi connectivity index (χ2n) is 14.5. The summed E-state index contributed by atoms with van der Waals surface area (Å²) in [7, 11) is 0. The first kappa shape index (κ1) is 34.3. The minimum absolute atomic E-state index is 0.0109. The molecule has 3 N–H and O–H groups in total. The number of nitrogens with two attached hydrogens (primary N) is 1. The summed E-state index contributed by atoms with van der Waals surface area (Å²) in [5.74, 6) is 0.178. The fourth-order valence-corrected chi connectivity index (χ4v) is 9.69. The highest BCUT2D eigenvalue weighted by Gasteiger charge is 2.37. The van der Waals surface area contributed by atoms with Gasteiger partial charge in [-0.05, 0) is 124 Å². The molecule has 3 aliphatic heterocycles. The molecule has 4 aliphatic rings. The van der Waals surface area contributed by atoms with Gasteiger partial charge in [0.1, 0.15) is 6.04 Å². The van der Waals surface area contributed by atoms with Crippen LogP contribution in [-0.4, -0.2) is 76.7 Å². The SMILES string of the molecule is Cc1cc(C[C@@H](NC(=O)C(C)C2CCC(N3Cc4sccc4CCCC3=O)CC2)C(=O)N2CCC(N3CCCC3)CC2)cc(Cl)c1N. The van der Waals surface area contributed by atoms with Gasteiger partial charge < -0.3 is 25.8 Å². The summed E-state index contributed by atoms with van der Waals surface area (Å²) >= 11 is 8.20. The molecule has 0 bridgehead atoms. The largest absolute Gasteiger partial charge is 0.397 e. The number of hydrogen-bond donors (Lipinski definition) is 2. The first-order valence-corrected chi connectivity index (χ1v) is 19.2. The number of anilines is 1. The normalized spacial score (nSPS) is 24.4. The second-order valence-corrected chi connectivity index (χ2v) is 15.9. The van der Waals surface area contributed by atoms with Crippen LogP contribution in [0.3, 0.4) is 0 Å². The van der Waals surface area contributed by atoms with E-state index in [1.54, 1.807) is 11.3 Å². The maximum atomic E-state index is 14.1. The van der Waals surface area contributed by atoms with Gasteiger partial charge in [-0.25, -0.2) is 0 Å². The maximum absolute atomic E-state index is 14.1. The van der Waals surface area contributed by atoms with Crippen molar-refractivity contribution in [2.24, 2.45) is 11.8 Å². The molecule has 8 nitrogen and oxygen atoms in total. The van der Waals surface area contributed by atoms with E-state index in [0.29, 0.717) is 36.1 Å². The van der Waals surface area contributed by atoms with E-state index in [4.69, 9.17) is 17.3 Å². The van der Waals surface area contributed by atoms with Crippen LogP contribution in [0.15, 0.2) is 23.6 Å². The van der Waals surface area contributed by atoms with Crippen molar-refractivity contribution in [3.8, 4) is 0 Å². The van der Waals surface area contributed by atoms with Gasteiger partial charge in [0.2, 0.25) is 17.7 Å². The van der Waals surface area contributed by atoms with Gasteiger partial charge in [0.15, 0.2) is 0 Å². The van der Waals surface area contributed by atoms with E-state index in [9.17, 15) is 14.4 Å². The van der Waals surface area contributed by atoms with Gasteiger partial charge in [0, 0.05) is 48.8 Å². The molecule has 4 heterocycles. The van der Waals surface area contributed by atoms with Crippen molar-refractivity contribution in [2.75, 3.05) is 31.9 Å². The Hall–Kier alpha value is -2.62. The summed E-state index contributed by atoms with van der Waals surface area (Å²) in [6, 6.07) is 6.11. The third kappa shape index (κ3) is 8.00. The number of nitrogens with zero attached hydrogens (tertiary/aromatic N) is 3. The monoisotopic (exact) mass is 681 g/mol. The van der Waals surface area contributed by atoms with Crippen LogP contribution in [0.5, 0.6) is 0 Å². The molecule has 2 atom stereocenters. The maximum Gasteiger partial charge on any atom is 0.245 e. The molecule has 1 aromatic heterocycles. The van der Waals surface area contributed by atoms with Gasteiger partial charge >= 0.3 is 0 Å². The number of hydrogen-bond acceptors (Lipinski definition) is 6. The van der Waals surface area contributed by atoms with Crippen molar-refractivity contribution < 1.29 is 14.4 Å². The summed E-state index contributed by atoms with van der Waals surface area (Å²) < 4.78 is 0. The Morgan fingerprint density at radius 2 is 1.72 bits per heavy atom. The number of halogens is 1. The quantitative estimate of drug-likeness (QED) is 0.335. The fourth-order valence-electron chi connectivity index (χ4n) is 8.47. The van der Waals surface area contributed by atoms with Gasteiger partial charge in [-0.15, -0.1) is 11.3 Å². The van der Waals surface area contributed by atoms with Crippen LogP contribution >= 0.6 is 22.9 Å². The van der Waals surface area contributed by atoms with Crippen molar-refractivity contribution in [3.05, 3.63) is 50.2 Å². The zero-order valence-electron chi connectivity index (χ0n) is 28.1. The van der Waals surface area contributed by atoms with E-state index in [1.165, 1.54) is 23.3 Å². The zero-order chi connectivity index (χ0) is 33.1. The molecule has 2 saturated heterocycles. The lowest BCUT2D eigenvalue weighted by Gasteiger charge is -2.39. The lowest BCUT2D eigenvalue weighted by molar-refractivity contribution is -0.139. The number of benzene rings is 1. The number of nitrogens with one attached hydrogen (secondary N) is 1. The number of piperidine rings is 1. The average Bonchev–Trinajstić information content (AvgIpc) is 3.77. The topological polar surface area (TPSA) is 99.0 Å². The highest BCUT2D eigenvalue weighted by Crippen LogP contribution is 2.35. The Bertz CT molecular complexity index is 1400. The highest BCUT2D eigenvalue weighted by atomic mass is 35.5. The zero-order valence-corrected chi connectivity index (χ0v) is 29.7. The lowest BCUT2D eigenvalue weighted by Crippen LogP contribution is -2.54. The number of carbonyl (C=O) groups excluding carboxylic acids is 3. The van der Waals surface area contributed by atoms with Crippen molar-refractivity contribution in [3.63, 3.8) is 0 Å². The van der Waals surface area contributed by atoms with Crippen LogP contribution in [0.1, 0.15) is 92.7 Å². The Morgan fingerprint density at radius 1 is 1.00 bits per heavy atom. The predicted octanol–water partition coefficient (Wildman–Crippen LogP) is 5.97. The molecule has 3 fully saturated rings. The molecule has 2 aromatic rings. The van der Waals surface area contributed by atoms with Crippen LogP contribution in [0.4, 0.5) is 5.69 Å². The number of nitrogen functional groups attached to an aromatic ring is 1. The summed E-state index contributed by atoms with van der Waals surface area (Å²) in [5, 5.41) is 5.83. The molecular weight excluding hydrogens is 630 g/mol. The number of amides is 3. The van der Waals surface area contributed by atoms with Crippen molar-refractivity contribution in [2.45, 2.75) is 116 Å². The number of fused-ring (bicyclic) bond motifs is 1. The molecule has 0 spiro atoms. The Balaban J connectivity index is 1.09. The first-order valence-electron chi connectivity index (χ1n) is 17.9. The minimum atomic E-state index is -0.664. The van der Waals surface area contributed by atoms with Crippen LogP contribution < -0.4 is 11.1 Å². The molecule has 0 radical (unpaired) electrons. The van der Waals surface area contributed by atoms with Crippen molar-refractivity contribution in [1.82, 2.24) is 20.0 Å². The average molecular weight is 682 g/mol. The van der Waals surface area contributed by atoms with Gasteiger partial charge in [-0.3, -0.25) is 14.4 Å². The number of carbonyl (C=O) groups is 3. The fraction of sp³-hybridized carbons (Fsp3) is 0.649. The summed E-state index contributed by atoms with van der Waals surface area (Å²) in [4.78, 5) is 49.1. The second kappa shape index (κ2) is 15.3. The molecule has 1 saturated carbocycles. The van der Waals surface area contributed by atoms with Crippen molar-refractivity contribution >= 4 is 46.3 Å². The van der Waals surface area contributed by atoms with Gasteiger partial charge in [-0.2, -0.15) is 0 Å². The first-order chi connectivity index (χ1) is 22.7. The number of rotatable bonds is 8. The van der Waals surface area contributed by atoms with Crippen LogP contribution in [0.2, 0.25) is 5.02 Å². The molecular formula is C37H52ClN5O3S. The molecule has 1 aromatic carbocycles. The molecule has 256 valence electrons. The molecule has 10 heteroatoms. The molecule has 1 unspecified atom stereocenters. The Morgan fingerprint density at radius 3 is 2.43 bits per heavy atom. The molecule has 3 amide bonds. The van der Waals surface area contributed by atoms with E-state index < -0.39 is 6.04 Å². The van der Waals surface area contributed by atoms with E-state index in [1.807, 2.05) is 30.9 Å². The Labute approximate surface area is 289 Å². The standard InChI is InChI=1S/C37H52ClN5O3S/c1-24-20-26(21-31(38)35(24)39)22-32(37(46)42-17-12-29(13-18-42)41-15-3-4-16-41)40-36(45)25(2)27-8-10-30(11-9-27)43-23-33-28(14-19-47-33)6-5-7-34(43)44/h14,19-21,25,27,29-30,32H,3-13,15-18,22-23,39H2,1-2H3,(H,40,45)/t25?,27?,30?,32-/m1/s1. The summed E-state index contributed by atoms with van der Waals surface area (Å²) in [6.45, 7) is 8.40. The van der Waals surface area contributed by atoms with Gasteiger partial charge in [0.05, 0.1) is 17.3 Å². The minimum Gasteiger partial charge on any atom is -0.397 e. The van der Waals surface area contributed by atoms with E-state index in [0.717, 1.165) is 88.7 Å². The van der Waals surface area contributed by atoms with E-state index in [2.05, 4.69) is 26.6 Å². The number of thiophene rings is 1. The van der Waals surface area contributed by atoms with E-state index >= 15 is 0 Å². The van der Waals surface area contributed by atoms with Gasteiger partial charge in [0.25, 0.3) is 0 Å².